The molecule has 138 valence electrons. The molecule has 1 N–H and O–H groups in total. The average Bonchev–Trinajstić information content (AvgIpc) is 2.67. The minimum atomic E-state index is -2.43. The molecule has 0 spiro atoms. The van der Waals surface area contributed by atoms with E-state index in [4.69, 9.17) is 0 Å². The van der Waals surface area contributed by atoms with E-state index in [9.17, 15) is 13.6 Å². The topological polar surface area (TPSA) is 35.6 Å². The molecule has 1 heterocycles. The van der Waals surface area contributed by atoms with Crippen LogP contribution in [0.15, 0.2) is 59.5 Å². The molecule has 1 amide bonds. The van der Waals surface area contributed by atoms with Gasteiger partial charge in [0.25, 0.3) is 5.76 Å². The van der Waals surface area contributed by atoms with Crippen molar-refractivity contribution in [2.75, 3.05) is 42.9 Å². The first kappa shape index (κ1) is 18.5. The lowest BCUT2D eigenvalue weighted by atomic mass is 10.2. The maximum atomic E-state index is 12.4. The van der Waals surface area contributed by atoms with Crippen molar-refractivity contribution < 1.29 is 13.6 Å². The number of rotatable bonds is 6. The van der Waals surface area contributed by atoms with Crippen molar-refractivity contribution in [3.8, 4) is 0 Å². The Hall–Kier alpha value is -2.28. The van der Waals surface area contributed by atoms with Gasteiger partial charge in [-0.15, -0.1) is 0 Å². The summed E-state index contributed by atoms with van der Waals surface area (Å²) in [7, 11) is 0. The first-order valence-electron chi connectivity index (χ1n) is 8.48. The van der Waals surface area contributed by atoms with Crippen LogP contribution in [0.3, 0.4) is 0 Å². The number of carbonyl (C=O) groups excluding carboxylic acids is 1. The van der Waals surface area contributed by atoms with Crippen LogP contribution in [-0.4, -0.2) is 49.3 Å². The average molecular weight is 377 g/mol. The molecule has 3 rings (SSSR count). The van der Waals surface area contributed by atoms with Crippen LogP contribution in [0.1, 0.15) is 0 Å². The summed E-state index contributed by atoms with van der Waals surface area (Å²) in [5, 5.41) is 3.06. The van der Waals surface area contributed by atoms with E-state index in [1.165, 1.54) is 5.69 Å². The highest BCUT2D eigenvalue weighted by molar-refractivity contribution is 7.99. The number of carbonyl (C=O) groups is 1. The second-order valence-electron chi connectivity index (χ2n) is 5.96. The number of benzene rings is 2. The van der Waals surface area contributed by atoms with Gasteiger partial charge in [0, 0.05) is 42.4 Å². The third kappa shape index (κ3) is 5.11. The van der Waals surface area contributed by atoms with E-state index in [1.54, 1.807) is 24.3 Å². The van der Waals surface area contributed by atoms with Gasteiger partial charge in [-0.1, -0.05) is 30.0 Å². The van der Waals surface area contributed by atoms with Gasteiger partial charge in [0.2, 0.25) is 5.91 Å². The third-order valence-electron chi connectivity index (χ3n) is 4.28. The standard InChI is InChI=1S/C19H21F2N3OS/c20-19(21)26-17-8-6-15(7-9-17)22-14-18(25)24-12-10-23(11-13-24)16-4-2-1-3-5-16/h1-9,19,22H,10-14H2. The van der Waals surface area contributed by atoms with Gasteiger partial charge in [0.15, 0.2) is 0 Å². The van der Waals surface area contributed by atoms with Gasteiger partial charge in [-0.05, 0) is 36.4 Å². The summed E-state index contributed by atoms with van der Waals surface area (Å²) in [4.78, 5) is 17.0. The number of nitrogens with one attached hydrogen (secondary N) is 1. The number of para-hydroxylation sites is 1. The van der Waals surface area contributed by atoms with Crippen molar-refractivity contribution in [1.29, 1.82) is 0 Å². The molecule has 0 aliphatic carbocycles. The molecule has 0 unspecified atom stereocenters. The summed E-state index contributed by atoms with van der Waals surface area (Å²) in [5.41, 5.74) is 1.93. The fourth-order valence-corrected chi connectivity index (χ4v) is 3.40. The number of anilines is 2. The van der Waals surface area contributed by atoms with Gasteiger partial charge >= 0.3 is 0 Å². The van der Waals surface area contributed by atoms with Crippen LogP contribution < -0.4 is 10.2 Å². The number of alkyl halides is 2. The van der Waals surface area contributed by atoms with Crippen LogP contribution in [-0.2, 0) is 4.79 Å². The van der Waals surface area contributed by atoms with Gasteiger partial charge in [-0.25, -0.2) is 0 Å². The zero-order valence-electron chi connectivity index (χ0n) is 14.3. The van der Waals surface area contributed by atoms with E-state index in [1.807, 2.05) is 23.1 Å². The summed E-state index contributed by atoms with van der Waals surface area (Å²) < 4.78 is 24.6. The molecule has 7 heteroatoms. The fraction of sp³-hybridized carbons (Fsp3) is 0.316. The minimum Gasteiger partial charge on any atom is -0.376 e. The first-order valence-corrected chi connectivity index (χ1v) is 9.36. The van der Waals surface area contributed by atoms with Gasteiger partial charge in [-0.3, -0.25) is 4.79 Å². The number of piperazine rings is 1. The Balaban J connectivity index is 1.44. The molecule has 1 fully saturated rings. The molecule has 1 saturated heterocycles. The Labute approximate surface area is 156 Å². The maximum Gasteiger partial charge on any atom is 0.288 e. The van der Waals surface area contributed by atoms with Crippen LogP contribution in [0.2, 0.25) is 0 Å². The molecule has 1 aliphatic rings. The highest BCUT2D eigenvalue weighted by Gasteiger charge is 2.20. The van der Waals surface area contributed by atoms with Crippen LogP contribution in [0, 0.1) is 0 Å². The normalized spacial score (nSPS) is 14.6. The summed E-state index contributed by atoms with van der Waals surface area (Å²) in [6, 6.07) is 16.9. The minimum absolute atomic E-state index is 0.0451. The van der Waals surface area contributed by atoms with E-state index in [0.717, 1.165) is 18.8 Å². The second-order valence-corrected chi connectivity index (χ2v) is 7.02. The van der Waals surface area contributed by atoms with Crippen molar-refractivity contribution in [3.63, 3.8) is 0 Å². The van der Waals surface area contributed by atoms with E-state index >= 15 is 0 Å². The summed E-state index contributed by atoms with van der Waals surface area (Å²) in [6.07, 6.45) is 0. The maximum absolute atomic E-state index is 12.4. The quantitative estimate of drug-likeness (QED) is 0.778. The predicted molar refractivity (Wildman–Crippen MR) is 102 cm³/mol. The second kappa shape index (κ2) is 8.89. The van der Waals surface area contributed by atoms with E-state index in [0.29, 0.717) is 29.7 Å². The number of hydrogen-bond donors (Lipinski definition) is 1. The van der Waals surface area contributed by atoms with Crippen LogP contribution in [0.25, 0.3) is 0 Å². The Bertz CT molecular complexity index is 704. The number of nitrogens with zero attached hydrogens (tertiary/aromatic N) is 2. The lowest BCUT2D eigenvalue weighted by molar-refractivity contribution is -0.129. The Morgan fingerprint density at radius 3 is 2.27 bits per heavy atom. The Morgan fingerprint density at radius 1 is 1.00 bits per heavy atom. The van der Waals surface area contributed by atoms with Crippen molar-refractivity contribution in [2.45, 2.75) is 10.7 Å². The lowest BCUT2D eigenvalue weighted by Gasteiger charge is -2.36. The molecular weight excluding hydrogens is 356 g/mol. The predicted octanol–water partition coefficient (Wildman–Crippen LogP) is 3.76. The van der Waals surface area contributed by atoms with Gasteiger partial charge < -0.3 is 15.1 Å². The number of halogens is 2. The summed E-state index contributed by atoms with van der Waals surface area (Å²) in [5.74, 6) is -2.38. The van der Waals surface area contributed by atoms with Crippen molar-refractivity contribution >= 4 is 29.0 Å². The summed E-state index contributed by atoms with van der Waals surface area (Å²) >= 11 is 0.512. The smallest absolute Gasteiger partial charge is 0.288 e. The number of thioether (sulfide) groups is 1. The Morgan fingerprint density at radius 2 is 1.65 bits per heavy atom. The molecular formula is C19H21F2N3OS. The lowest BCUT2D eigenvalue weighted by Crippen LogP contribution is -2.50. The van der Waals surface area contributed by atoms with E-state index in [-0.39, 0.29) is 12.5 Å². The number of amides is 1. The molecule has 1 aliphatic heterocycles. The van der Waals surface area contributed by atoms with Crippen molar-refractivity contribution in [3.05, 3.63) is 54.6 Å². The van der Waals surface area contributed by atoms with Crippen molar-refractivity contribution in [2.24, 2.45) is 0 Å². The molecule has 0 atom stereocenters. The first-order chi connectivity index (χ1) is 12.6. The van der Waals surface area contributed by atoms with Crippen molar-refractivity contribution in [1.82, 2.24) is 4.90 Å². The molecule has 0 aromatic heterocycles. The SMILES string of the molecule is O=C(CNc1ccc(SC(F)F)cc1)N1CCN(c2ccccc2)CC1. The van der Waals surface area contributed by atoms with Crippen LogP contribution in [0.5, 0.6) is 0 Å². The van der Waals surface area contributed by atoms with E-state index < -0.39 is 5.76 Å². The van der Waals surface area contributed by atoms with E-state index in [2.05, 4.69) is 22.3 Å². The fourth-order valence-electron chi connectivity index (χ4n) is 2.90. The molecule has 26 heavy (non-hydrogen) atoms. The highest BCUT2D eigenvalue weighted by atomic mass is 32.2. The Kier molecular flexibility index (Phi) is 6.33. The molecule has 0 saturated carbocycles. The summed E-state index contributed by atoms with van der Waals surface area (Å²) in [6.45, 7) is 3.22. The molecule has 2 aromatic rings. The van der Waals surface area contributed by atoms with Crippen LogP contribution >= 0.6 is 11.8 Å². The monoisotopic (exact) mass is 377 g/mol. The highest BCUT2D eigenvalue weighted by Crippen LogP contribution is 2.26. The van der Waals surface area contributed by atoms with Gasteiger partial charge in [0.05, 0.1) is 6.54 Å². The molecule has 0 radical (unpaired) electrons. The molecule has 4 nitrogen and oxygen atoms in total. The zero-order valence-corrected chi connectivity index (χ0v) is 15.1. The third-order valence-corrected chi connectivity index (χ3v) is 5.00. The van der Waals surface area contributed by atoms with Crippen LogP contribution in [0.4, 0.5) is 20.2 Å². The molecule has 0 bridgehead atoms. The largest absolute Gasteiger partial charge is 0.376 e. The van der Waals surface area contributed by atoms with Gasteiger partial charge in [-0.2, -0.15) is 8.78 Å². The molecule has 2 aromatic carbocycles. The number of hydrogen-bond acceptors (Lipinski definition) is 4. The zero-order chi connectivity index (χ0) is 18.4. The van der Waals surface area contributed by atoms with Gasteiger partial charge in [0.1, 0.15) is 0 Å².